The van der Waals surface area contributed by atoms with Crippen molar-refractivity contribution >= 4 is 0 Å². The normalized spacial score (nSPS) is 30.2. The Kier molecular flexibility index (Phi) is 5.67. The van der Waals surface area contributed by atoms with Crippen LogP contribution >= 0.6 is 0 Å². The molecule has 2 heterocycles. The average molecular weight is 268 g/mol. The molecule has 0 aromatic heterocycles. The van der Waals surface area contributed by atoms with Gasteiger partial charge in [0.25, 0.3) is 0 Å². The maximum atomic E-state index is 6.57. The predicted molar refractivity (Wildman–Crippen MR) is 80.3 cm³/mol. The zero-order valence-electron chi connectivity index (χ0n) is 12.9. The van der Waals surface area contributed by atoms with Crippen LogP contribution in [0, 0.1) is 0 Å². The van der Waals surface area contributed by atoms with Crippen molar-refractivity contribution in [3.63, 3.8) is 0 Å². The van der Waals surface area contributed by atoms with Crippen molar-refractivity contribution in [2.75, 3.05) is 19.7 Å². The van der Waals surface area contributed by atoms with E-state index in [2.05, 4.69) is 18.7 Å². The third-order valence-electron chi connectivity index (χ3n) is 5.42. The average Bonchev–Trinajstić information content (AvgIpc) is 2.98. The monoisotopic (exact) mass is 268 g/mol. The van der Waals surface area contributed by atoms with Crippen molar-refractivity contribution in [1.29, 1.82) is 0 Å². The molecule has 0 spiro atoms. The molecule has 0 aromatic carbocycles. The molecule has 3 unspecified atom stereocenters. The number of ether oxygens (including phenoxy) is 1. The molecule has 2 saturated heterocycles. The van der Waals surface area contributed by atoms with Crippen molar-refractivity contribution in [3.8, 4) is 0 Å². The van der Waals surface area contributed by atoms with Crippen molar-refractivity contribution in [3.05, 3.63) is 0 Å². The van der Waals surface area contributed by atoms with E-state index < -0.39 is 0 Å². The molecule has 0 radical (unpaired) electrons. The Morgan fingerprint density at radius 2 is 2.00 bits per heavy atom. The van der Waals surface area contributed by atoms with Crippen LogP contribution in [0.1, 0.15) is 65.2 Å². The van der Waals surface area contributed by atoms with Crippen LogP contribution in [0.3, 0.4) is 0 Å². The van der Waals surface area contributed by atoms with Gasteiger partial charge in [0.05, 0.1) is 6.10 Å². The molecule has 2 fully saturated rings. The van der Waals surface area contributed by atoms with Crippen molar-refractivity contribution < 1.29 is 4.74 Å². The highest BCUT2D eigenvalue weighted by atomic mass is 16.5. The van der Waals surface area contributed by atoms with E-state index in [-0.39, 0.29) is 11.6 Å². The SMILES string of the molecule is CCC(C)(C(N)CCC1CCCO1)N1CCCCC1. The summed E-state index contributed by atoms with van der Waals surface area (Å²) < 4.78 is 5.73. The van der Waals surface area contributed by atoms with E-state index in [9.17, 15) is 0 Å². The minimum atomic E-state index is 0.180. The molecule has 2 aliphatic rings. The van der Waals surface area contributed by atoms with Gasteiger partial charge in [0, 0.05) is 18.2 Å². The fourth-order valence-electron chi connectivity index (χ4n) is 3.67. The van der Waals surface area contributed by atoms with Crippen LogP contribution in [-0.2, 0) is 4.74 Å². The number of hydrogen-bond acceptors (Lipinski definition) is 3. The Labute approximate surface area is 118 Å². The summed E-state index contributed by atoms with van der Waals surface area (Å²) in [6, 6.07) is 0.278. The molecule has 3 nitrogen and oxygen atoms in total. The van der Waals surface area contributed by atoms with Gasteiger partial charge in [-0.2, -0.15) is 0 Å². The third kappa shape index (κ3) is 3.71. The van der Waals surface area contributed by atoms with Crippen LogP contribution in [0.5, 0.6) is 0 Å². The Balaban J connectivity index is 1.86. The van der Waals surface area contributed by atoms with Gasteiger partial charge in [0.1, 0.15) is 0 Å². The number of nitrogens with zero attached hydrogens (tertiary/aromatic N) is 1. The first-order chi connectivity index (χ1) is 9.16. The van der Waals surface area contributed by atoms with Gasteiger partial charge in [-0.1, -0.05) is 13.3 Å². The zero-order chi connectivity index (χ0) is 13.7. The van der Waals surface area contributed by atoms with E-state index >= 15 is 0 Å². The van der Waals surface area contributed by atoms with Gasteiger partial charge in [-0.3, -0.25) is 4.90 Å². The lowest BCUT2D eigenvalue weighted by atomic mass is 9.83. The lowest BCUT2D eigenvalue weighted by Gasteiger charge is -2.47. The third-order valence-corrected chi connectivity index (χ3v) is 5.42. The van der Waals surface area contributed by atoms with Gasteiger partial charge in [0.2, 0.25) is 0 Å². The molecule has 0 amide bonds. The highest BCUT2D eigenvalue weighted by Crippen LogP contribution is 2.29. The minimum absolute atomic E-state index is 0.180. The van der Waals surface area contributed by atoms with Crippen LogP contribution in [0.15, 0.2) is 0 Å². The smallest absolute Gasteiger partial charge is 0.0576 e. The molecule has 0 aromatic rings. The Bertz CT molecular complexity index is 259. The quantitative estimate of drug-likeness (QED) is 0.805. The van der Waals surface area contributed by atoms with Crippen molar-refractivity contribution in [2.24, 2.45) is 5.73 Å². The summed E-state index contributed by atoms with van der Waals surface area (Å²) in [6.45, 7) is 8.09. The summed E-state index contributed by atoms with van der Waals surface area (Å²) >= 11 is 0. The molecule has 2 rings (SSSR count). The van der Waals surface area contributed by atoms with Crippen LogP contribution in [0.25, 0.3) is 0 Å². The lowest BCUT2D eigenvalue weighted by molar-refractivity contribution is 0.0429. The predicted octanol–water partition coefficient (Wildman–Crippen LogP) is 2.93. The van der Waals surface area contributed by atoms with Gasteiger partial charge in [-0.25, -0.2) is 0 Å². The molecule has 0 aliphatic carbocycles. The highest BCUT2D eigenvalue weighted by molar-refractivity contribution is 4.95. The molecule has 3 atom stereocenters. The first kappa shape index (κ1) is 15.3. The summed E-state index contributed by atoms with van der Waals surface area (Å²) in [5.74, 6) is 0. The standard InChI is InChI=1S/C16H32N2O/c1-3-16(2,18-11-5-4-6-12-18)15(17)10-9-14-8-7-13-19-14/h14-15H,3-13,17H2,1-2H3. The number of likely N-dealkylation sites (tertiary alicyclic amines) is 1. The first-order valence-corrected chi connectivity index (χ1v) is 8.29. The second-order valence-corrected chi connectivity index (χ2v) is 6.58. The maximum Gasteiger partial charge on any atom is 0.0576 e. The Morgan fingerprint density at radius 1 is 1.26 bits per heavy atom. The molecule has 112 valence electrons. The summed E-state index contributed by atoms with van der Waals surface area (Å²) in [6.07, 6.45) is 10.4. The highest BCUT2D eigenvalue weighted by Gasteiger charge is 2.36. The van der Waals surface area contributed by atoms with Gasteiger partial charge < -0.3 is 10.5 Å². The topological polar surface area (TPSA) is 38.5 Å². The van der Waals surface area contributed by atoms with E-state index in [1.165, 1.54) is 45.2 Å². The van der Waals surface area contributed by atoms with E-state index in [0.29, 0.717) is 6.10 Å². The van der Waals surface area contributed by atoms with Crippen LogP contribution in [0.2, 0.25) is 0 Å². The first-order valence-electron chi connectivity index (χ1n) is 8.29. The summed E-state index contributed by atoms with van der Waals surface area (Å²) in [5, 5.41) is 0. The van der Waals surface area contributed by atoms with E-state index in [1.807, 2.05) is 0 Å². The second-order valence-electron chi connectivity index (χ2n) is 6.58. The van der Waals surface area contributed by atoms with Crippen LogP contribution in [-0.4, -0.2) is 42.3 Å². The fraction of sp³-hybridized carbons (Fsp3) is 1.00. The Hall–Kier alpha value is -0.120. The lowest BCUT2D eigenvalue weighted by Crippen LogP contribution is -2.59. The fourth-order valence-corrected chi connectivity index (χ4v) is 3.67. The van der Waals surface area contributed by atoms with Crippen LogP contribution in [0.4, 0.5) is 0 Å². The van der Waals surface area contributed by atoms with E-state index in [4.69, 9.17) is 10.5 Å². The molecular formula is C16H32N2O. The summed E-state index contributed by atoms with van der Waals surface area (Å²) in [4.78, 5) is 2.65. The largest absolute Gasteiger partial charge is 0.378 e. The number of piperidine rings is 1. The molecule has 19 heavy (non-hydrogen) atoms. The molecule has 0 saturated carbocycles. The Morgan fingerprint density at radius 3 is 2.58 bits per heavy atom. The van der Waals surface area contributed by atoms with Crippen LogP contribution < -0.4 is 5.73 Å². The van der Waals surface area contributed by atoms with E-state index in [0.717, 1.165) is 25.9 Å². The second kappa shape index (κ2) is 7.05. The van der Waals surface area contributed by atoms with Crippen molar-refractivity contribution in [1.82, 2.24) is 4.90 Å². The number of hydrogen-bond donors (Lipinski definition) is 1. The van der Waals surface area contributed by atoms with Gasteiger partial charge in [0.15, 0.2) is 0 Å². The summed E-state index contributed by atoms with van der Waals surface area (Å²) in [5.41, 5.74) is 6.75. The van der Waals surface area contributed by atoms with Gasteiger partial charge in [-0.15, -0.1) is 0 Å². The number of nitrogens with two attached hydrogens (primary N) is 1. The molecule has 3 heteroatoms. The molecule has 0 bridgehead atoms. The minimum Gasteiger partial charge on any atom is -0.378 e. The van der Waals surface area contributed by atoms with Gasteiger partial charge in [-0.05, 0) is 65.0 Å². The van der Waals surface area contributed by atoms with Gasteiger partial charge >= 0.3 is 0 Å². The molecule has 2 N–H and O–H groups in total. The molecular weight excluding hydrogens is 236 g/mol. The summed E-state index contributed by atoms with van der Waals surface area (Å²) in [7, 11) is 0. The maximum absolute atomic E-state index is 6.57. The zero-order valence-corrected chi connectivity index (χ0v) is 12.9. The molecule has 2 aliphatic heterocycles. The number of rotatable bonds is 6. The van der Waals surface area contributed by atoms with E-state index in [1.54, 1.807) is 0 Å². The van der Waals surface area contributed by atoms with Crippen molar-refractivity contribution in [2.45, 2.75) is 82.9 Å².